The zero-order valence-corrected chi connectivity index (χ0v) is 23.8. The van der Waals surface area contributed by atoms with E-state index in [-0.39, 0.29) is 6.23 Å². The Morgan fingerprint density at radius 3 is 2.08 bits per heavy atom. The molecule has 9 nitrogen and oxygen atoms in total. The normalized spacial score (nSPS) is 15.0. The number of aromatic nitrogens is 8. The second-order valence-electron chi connectivity index (χ2n) is 9.26. The first kappa shape index (κ1) is 26.2. The smallest absolute Gasteiger partial charge is 0.193 e. The number of H-pyrrole nitrogens is 1. The molecule has 7 rings (SSSR count). The molecule has 2 aromatic carbocycles. The van der Waals surface area contributed by atoms with E-state index in [1.165, 1.54) is 12.7 Å². The lowest BCUT2D eigenvalue weighted by Gasteiger charge is -2.21. The average molecular weight is 569 g/mol. The lowest BCUT2D eigenvalue weighted by Crippen LogP contribution is -2.18. The summed E-state index contributed by atoms with van der Waals surface area (Å²) in [5.74, 6) is 1.50. The molecule has 1 fully saturated rings. The van der Waals surface area contributed by atoms with Crippen LogP contribution in [-0.4, -0.2) is 46.5 Å². The van der Waals surface area contributed by atoms with E-state index in [4.69, 9.17) is 4.74 Å². The number of aryl methyl sites for hydroxylation is 2. The average Bonchev–Trinajstić information content (AvgIpc) is 3.82. The highest BCUT2D eigenvalue weighted by atomic mass is 32.1. The molecule has 1 aliphatic rings. The van der Waals surface area contributed by atoms with Crippen molar-refractivity contribution >= 4 is 22.7 Å². The van der Waals surface area contributed by atoms with Crippen LogP contribution in [0.1, 0.15) is 35.5 Å². The number of nitrogens with one attached hydrogen (secondary N) is 1. The number of benzene rings is 2. The Balaban J connectivity index is 0.000000151. The predicted molar refractivity (Wildman–Crippen MR) is 158 cm³/mol. The number of thiazole rings is 2. The van der Waals surface area contributed by atoms with Crippen molar-refractivity contribution in [3.05, 3.63) is 83.3 Å². The highest BCUT2D eigenvalue weighted by Crippen LogP contribution is 2.36. The number of ether oxygens (including phenoxy) is 1. The second kappa shape index (κ2) is 12.0. The molecule has 4 aromatic heterocycles. The SMILES string of the molecule is Cc1nc(-c2ccccc2)c(-c2ncn(C3CCCCO3)n2)s1.Cc1nc(-c2ccccc2)c(-c2ncn[nH]2)s1. The molecule has 1 saturated heterocycles. The standard InChI is InChI=1S/C17H18N4OS.C12H10N4S/c1-12-19-15(13-7-3-2-4-8-13)16(23-12)17-18-11-21(20-17)14-9-5-6-10-22-14;1-8-15-10(9-5-3-2-4-6-9)11(17-8)12-13-7-14-16-12/h2-4,7-8,11,14H,5-6,9-10H2,1H3;2-7H,1H3,(H,13,14,16). The monoisotopic (exact) mass is 568 g/mol. The van der Waals surface area contributed by atoms with E-state index >= 15 is 0 Å². The van der Waals surface area contributed by atoms with Crippen molar-refractivity contribution in [3.63, 3.8) is 0 Å². The maximum absolute atomic E-state index is 5.78. The van der Waals surface area contributed by atoms with Gasteiger partial charge in [0.25, 0.3) is 0 Å². The zero-order chi connectivity index (χ0) is 27.3. The molecule has 1 unspecified atom stereocenters. The van der Waals surface area contributed by atoms with Crippen molar-refractivity contribution in [3.8, 4) is 43.9 Å². The number of hydrogen-bond donors (Lipinski definition) is 1. The van der Waals surface area contributed by atoms with Gasteiger partial charge in [-0.15, -0.1) is 27.8 Å². The summed E-state index contributed by atoms with van der Waals surface area (Å²) < 4.78 is 7.63. The Bertz CT molecular complexity index is 1650. The van der Waals surface area contributed by atoms with Crippen molar-refractivity contribution in [2.24, 2.45) is 0 Å². The summed E-state index contributed by atoms with van der Waals surface area (Å²) in [6.07, 6.45) is 6.60. The number of rotatable bonds is 5. The van der Waals surface area contributed by atoms with Gasteiger partial charge in [0.15, 0.2) is 17.9 Å². The van der Waals surface area contributed by atoms with Crippen molar-refractivity contribution in [1.29, 1.82) is 0 Å². The Labute approximate surface area is 240 Å². The minimum atomic E-state index is 0.0131. The van der Waals surface area contributed by atoms with Gasteiger partial charge >= 0.3 is 0 Å². The van der Waals surface area contributed by atoms with Gasteiger partial charge in [-0.3, -0.25) is 5.10 Å². The third kappa shape index (κ3) is 5.76. The summed E-state index contributed by atoms with van der Waals surface area (Å²) in [7, 11) is 0. The van der Waals surface area contributed by atoms with E-state index in [0.717, 1.165) is 73.4 Å². The van der Waals surface area contributed by atoms with Gasteiger partial charge in [-0.05, 0) is 33.1 Å². The van der Waals surface area contributed by atoms with Crippen LogP contribution >= 0.6 is 22.7 Å². The Hall–Kier alpha value is -4.06. The van der Waals surface area contributed by atoms with Gasteiger partial charge in [0.05, 0.1) is 26.3 Å². The van der Waals surface area contributed by atoms with E-state index in [9.17, 15) is 0 Å². The topological polar surface area (TPSA) is 107 Å². The first-order chi connectivity index (χ1) is 19.7. The van der Waals surface area contributed by atoms with Gasteiger partial charge in [-0.1, -0.05) is 60.7 Å². The number of nitrogens with zero attached hydrogens (tertiary/aromatic N) is 7. The first-order valence-corrected chi connectivity index (χ1v) is 14.7. The van der Waals surface area contributed by atoms with Crippen molar-refractivity contribution in [2.45, 2.75) is 39.3 Å². The first-order valence-electron chi connectivity index (χ1n) is 13.1. The third-order valence-corrected chi connectivity index (χ3v) is 8.30. The quantitative estimate of drug-likeness (QED) is 0.239. The maximum Gasteiger partial charge on any atom is 0.193 e. The fourth-order valence-corrected chi connectivity index (χ4v) is 6.28. The summed E-state index contributed by atoms with van der Waals surface area (Å²) in [6, 6.07) is 20.3. The Morgan fingerprint density at radius 1 is 0.825 bits per heavy atom. The molecule has 0 amide bonds. The van der Waals surface area contributed by atoms with E-state index in [0.29, 0.717) is 0 Å². The summed E-state index contributed by atoms with van der Waals surface area (Å²) >= 11 is 3.25. The molecule has 0 bridgehead atoms. The Kier molecular flexibility index (Phi) is 7.85. The summed E-state index contributed by atoms with van der Waals surface area (Å²) in [6.45, 7) is 4.81. The van der Waals surface area contributed by atoms with Crippen molar-refractivity contribution < 1.29 is 4.74 Å². The van der Waals surface area contributed by atoms with Gasteiger partial charge < -0.3 is 4.74 Å². The van der Waals surface area contributed by atoms with Gasteiger partial charge in [0, 0.05) is 17.7 Å². The molecule has 0 aliphatic carbocycles. The van der Waals surface area contributed by atoms with Gasteiger partial charge in [0.2, 0.25) is 0 Å². The molecule has 1 aliphatic heterocycles. The van der Waals surface area contributed by atoms with Crippen LogP contribution in [0.25, 0.3) is 43.9 Å². The second-order valence-corrected chi connectivity index (χ2v) is 11.7. The van der Waals surface area contributed by atoms with E-state index < -0.39 is 0 Å². The van der Waals surface area contributed by atoms with E-state index in [1.807, 2.05) is 67.1 Å². The Morgan fingerprint density at radius 2 is 1.48 bits per heavy atom. The van der Waals surface area contributed by atoms with Crippen LogP contribution in [0.2, 0.25) is 0 Å². The molecular formula is C29H28N8OS2. The van der Waals surface area contributed by atoms with Crippen molar-refractivity contribution in [2.75, 3.05) is 6.61 Å². The summed E-state index contributed by atoms with van der Waals surface area (Å²) in [4.78, 5) is 20.0. The molecule has 6 aromatic rings. The van der Waals surface area contributed by atoms with Crippen LogP contribution in [-0.2, 0) is 4.74 Å². The molecule has 1 N–H and O–H groups in total. The number of hydrogen-bond acceptors (Lipinski definition) is 9. The van der Waals surface area contributed by atoms with Crippen LogP contribution in [0, 0.1) is 13.8 Å². The molecule has 5 heterocycles. The van der Waals surface area contributed by atoms with Crippen LogP contribution in [0.15, 0.2) is 73.3 Å². The molecule has 11 heteroatoms. The number of aromatic amines is 1. The minimum Gasteiger partial charge on any atom is -0.356 e. The maximum atomic E-state index is 5.78. The van der Waals surface area contributed by atoms with Gasteiger partial charge in [0.1, 0.15) is 17.5 Å². The van der Waals surface area contributed by atoms with Crippen molar-refractivity contribution in [1.82, 2.24) is 39.9 Å². The fraction of sp³-hybridized carbons (Fsp3) is 0.241. The van der Waals surface area contributed by atoms with Crippen LogP contribution in [0.4, 0.5) is 0 Å². The third-order valence-electron chi connectivity index (χ3n) is 6.36. The summed E-state index contributed by atoms with van der Waals surface area (Å²) in [5.41, 5.74) is 4.11. The summed E-state index contributed by atoms with van der Waals surface area (Å²) in [5, 5.41) is 13.5. The molecular weight excluding hydrogens is 541 g/mol. The molecule has 202 valence electrons. The molecule has 0 spiro atoms. The van der Waals surface area contributed by atoms with E-state index in [1.54, 1.807) is 29.0 Å². The van der Waals surface area contributed by atoms with Crippen LogP contribution in [0.5, 0.6) is 0 Å². The molecule has 1 atom stereocenters. The van der Waals surface area contributed by atoms with E-state index in [2.05, 4.69) is 47.4 Å². The lowest BCUT2D eigenvalue weighted by molar-refractivity contribution is -0.0395. The molecule has 40 heavy (non-hydrogen) atoms. The lowest BCUT2D eigenvalue weighted by atomic mass is 10.1. The van der Waals surface area contributed by atoms with Gasteiger partial charge in [-0.25, -0.2) is 24.6 Å². The minimum absolute atomic E-state index is 0.0131. The highest BCUT2D eigenvalue weighted by Gasteiger charge is 2.21. The van der Waals surface area contributed by atoms with Crippen LogP contribution in [0.3, 0.4) is 0 Å². The zero-order valence-electron chi connectivity index (χ0n) is 22.2. The predicted octanol–water partition coefficient (Wildman–Crippen LogP) is 6.98. The largest absolute Gasteiger partial charge is 0.356 e. The fourth-order valence-electron chi connectivity index (χ4n) is 4.51. The van der Waals surface area contributed by atoms with Crippen LogP contribution < -0.4 is 0 Å². The van der Waals surface area contributed by atoms with Gasteiger partial charge in [-0.2, -0.15) is 5.10 Å². The molecule has 0 saturated carbocycles. The highest BCUT2D eigenvalue weighted by molar-refractivity contribution is 7.15. The molecule has 0 radical (unpaired) electrons.